The van der Waals surface area contributed by atoms with Crippen molar-refractivity contribution in [2.24, 2.45) is 11.8 Å². The first-order valence-corrected chi connectivity index (χ1v) is 9.38. The van der Waals surface area contributed by atoms with Gasteiger partial charge in [0.25, 0.3) is 0 Å². The van der Waals surface area contributed by atoms with E-state index < -0.39 is 5.92 Å². The van der Waals surface area contributed by atoms with Crippen LogP contribution in [0.15, 0.2) is 29.3 Å². The summed E-state index contributed by atoms with van der Waals surface area (Å²) in [6.07, 6.45) is 9.45. The minimum Gasteiger partial charge on any atom is -0.358 e. The van der Waals surface area contributed by atoms with Gasteiger partial charge >= 0.3 is 0 Å². The summed E-state index contributed by atoms with van der Waals surface area (Å²) < 4.78 is 28.4. The number of hydrogen-bond acceptors (Lipinski definition) is 2. The number of pyridine rings is 2. The molecule has 0 radical (unpaired) electrons. The maximum atomic E-state index is 14.2. The van der Waals surface area contributed by atoms with Gasteiger partial charge in [0.2, 0.25) is 5.92 Å². The second-order valence-corrected chi connectivity index (χ2v) is 7.78. The lowest BCUT2D eigenvalue weighted by Crippen LogP contribution is -2.36. The lowest BCUT2D eigenvalue weighted by Gasteiger charge is -2.41. The average molecular weight is 346 g/mol. The van der Waals surface area contributed by atoms with Crippen LogP contribution in [0.1, 0.15) is 63.0 Å². The van der Waals surface area contributed by atoms with Crippen molar-refractivity contribution in [3.05, 3.63) is 40.4 Å². The van der Waals surface area contributed by atoms with Gasteiger partial charge in [0, 0.05) is 42.9 Å². The van der Waals surface area contributed by atoms with Crippen LogP contribution < -0.4 is 5.43 Å². The lowest BCUT2D eigenvalue weighted by atomic mass is 9.66. The molecule has 2 heterocycles. The fraction of sp³-hybridized carbons (Fsp3) is 0.600. The Morgan fingerprint density at radius 3 is 2.76 bits per heavy atom. The van der Waals surface area contributed by atoms with Crippen molar-refractivity contribution < 1.29 is 8.78 Å². The zero-order valence-corrected chi connectivity index (χ0v) is 14.3. The molecule has 0 aliphatic heterocycles. The molecule has 0 amide bonds. The molecule has 5 heteroatoms. The van der Waals surface area contributed by atoms with Crippen LogP contribution >= 0.6 is 0 Å². The summed E-state index contributed by atoms with van der Waals surface area (Å²) in [7, 11) is 0. The van der Waals surface area contributed by atoms with Gasteiger partial charge in [-0.05, 0) is 24.3 Å². The number of fused-ring (bicyclic) bond motifs is 1. The van der Waals surface area contributed by atoms with E-state index in [1.54, 1.807) is 12.3 Å². The van der Waals surface area contributed by atoms with Gasteiger partial charge in [0.05, 0.1) is 10.9 Å². The second-order valence-electron chi connectivity index (χ2n) is 7.78. The number of nitrogens with zero attached hydrogens (tertiary/aromatic N) is 1. The third kappa shape index (κ3) is 3.33. The van der Waals surface area contributed by atoms with Crippen LogP contribution in [-0.4, -0.2) is 15.9 Å². The summed E-state index contributed by atoms with van der Waals surface area (Å²) in [5, 5.41) is 0.517. The Labute approximate surface area is 145 Å². The van der Waals surface area contributed by atoms with E-state index >= 15 is 0 Å². The van der Waals surface area contributed by atoms with Crippen LogP contribution in [-0.2, 0) is 0 Å². The molecule has 0 bridgehead atoms. The molecule has 134 valence electrons. The van der Waals surface area contributed by atoms with E-state index in [0.717, 1.165) is 12.8 Å². The molecule has 0 unspecified atom stereocenters. The standard InChI is InChI=1S/C20H24F2N2O/c21-20(22)8-6-14(13-4-2-1-3-5-13)15(11-20)18-10-19(25)16-12-23-9-7-17(16)24-18/h7,9-10,12-15H,1-6,8,11H2,(H,24,25)/t14-,15+/m0/s1. The Hall–Kier alpha value is -1.78. The van der Waals surface area contributed by atoms with Gasteiger partial charge < -0.3 is 4.98 Å². The average Bonchev–Trinajstić information content (AvgIpc) is 2.62. The topological polar surface area (TPSA) is 45.8 Å². The van der Waals surface area contributed by atoms with Crippen LogP contribution in [0.5, 0.6) is 0 Å². The Kier molecular flexibility index (Phi) is 4.34. The molecule has 2 aliphatic carbocycles. The third-order valence-electron chi connectivity index (χ3n) is 6.19. The fourth-order valence-corrected chi connectivity index (χ4v) is 4.93. The number of aromatic amines is 1. The van der Waals surface area contributed by atoms with Crippen LogP contribution in [0, 0.1) is 11.8 Å². The monoisotopic (exact) mass is 346 g/mol. The first-order chi connectivity index (χ1) is 12.0. The van der Waals surface area contributed by atoms with Gasteiger partial charge in [0.1, 0.15) is 0 Å². The first kappa shape index (κ1) is 16.7. The summed E-state index contributed by atoms with van der Waals surface area (Å²) in [6.45, 7) is 0. The predicted octanol–water partition coefficient (Wildman–Crippen LogP) is 5.02. The normalized spacial score (nSPS) is 27.4. The molecule has 2 fully saturated rings. The number of nitrogens with one attached hydrogen (secondary N) is 1. The molecule has 2 aliphatic rings. The molecular weight excluding hydrogens is 322 g/mol. The molecule has 0 aromatic carbocycles. The fourth-order valence-electron chi connectivity index (χ4n) is 4.93. The van der Waals surface area contributed by atoms with E-state index in [2.05, 4.69) is 9.97 Å². The SMILES string of the molecule is O=c1cc([C@@H]2CC(F)(F)CC[C@H]2C2CCCCC2)[nH]c2ccncc12. The highest BCUT2D eigenvalue weighted by atomic mass is 19.3. The van der Waals surface area contributed by atoms with Crippen molar-refractivity contribution in [2.75, 3.05) is 0 Å². The molecule has 3 nitrogen and oxygen atoms in total. The Morgan fingerprint density at radius 1 is 1.16 bits per heavy atom. The zero-order chi connectivity index (χ0) is 17.4. The maximum absolute atomic E-state index is 14.2. The predicted molar refractivity (Wildman–Crippen MR) is 94.0 cm³/mol. The molecule has 2 atom stereocenters. The number of halogens is 2. The van der Waals surface area contributed by atoms with Crippen molar-refractivity contribution in [1.82, 2.24) is 9.97 Å². The molecule has 0 saturated heterocycles. The Balaban J connectivity index is 1.74. The van der Waals surface area contributed by atoms with E-state index in [0.29, 0.717) is 28.9 Å². The number of hydrogen-bond donors (Lipinski definition) is 1. The Bertz CT molecular complexity index is 811. The highest BCUT2D eigenvalue weighted by molar-refractivity contribution is 5.77. The summed E-state index contributed by atoms with van der Waals surface area (Å²) in [4.78, 5) is 19.7. The van der Waals surface area contributed by atoms with E-state index in [1.165, 1.54) is 31.5 Å². The molecule has 2 aromatic rings. The zero-order valence-electron chi connectivity index (χ0n) is 14.3. The highest BCUT2D eigenvalue weighted by Gasteiger charge is 2.45. The maximum Gasteiger partial charge on any atom is 0.248 e. The van der Waals surface area contributed by atoms with Crippen molar-refractivity contribution in [3.8, 4) is 0 Å². The minimum absolute atomic E-state index is 0.0214. The van der Waals surface area contributed by atoms with Crippen LogP contribution in [0.2, 0.25) is 0 Å². The van der Waals surface area contributed by atoms with E-state index in [4.69, 9.17) is 0 Å². The summed E-state index contributed by atoms with van der Waals surface area (Å²) >= 11 is 0. The smallest absolute Gasteiger partial charge is 0.248 e. The van der Waals surface area contributed by atoms with Gasteiger partial charge in [-0.3, -0.25) is 9.78 Å². The van der Waals surface area contributed by atoms with Gasteiger partial charge in [-0.15, -0.1) is 0 Å². The number of aromatic nitrogens is 2. The largest absolute Gasteiger partial charge is 0.358 e. The molecule has 25 heavy (non-hydrogen) atoms. The molecule has 0 spiro atoms. The van der Waals surface area contributed by atoms with Crippen molar-refractivity contribution in [1.29, 1.82) is 0 Å². The van der Waals surface area contributed by atoms with E-state index in [9.17, 15) is 13.6 Å². The number of H-pyrrole nitrogens is 1. The third-order valence-corrected chi connectivity index (χ3v) is 6.19. The van der Waals surface area contributed by atoms with E-state index in [1.807, 2.05) is 0 Å². The van der Waals surface area contributed by atoms with Crippen LogP contribution in [0.3, 0.4) is 0 Å². The Morgan fingerprint density at radius 2 is 1.96 bits per heavy atom. The van der Waals surface area contributed by atoms with Crippen molar-refractivity contribution in [3.63, 3.8) is 0 Å². The lowest BCUT2D eigenvalue weighted by molar-refractivity contribution is -0.0648. The summed E-state index contributed by atoms with van der Waals surface area (Å²) in [5.41, 5.74) is 1.24. The first-order valence-electron chi connectivity index (χ1n) is 9.38. The van der Waals surface area contributed by atoms with Crippen LogP contribution in [0.4, 0.5) is 8.78 Å². The molecule has 2 saturated carbocycles. The number of rotatable bonds is 2. The van der Waals surface area contributed by atoms with Crippen molar-refractivity contribution >= 4 is 10.9 Å². The van der Waals surface area contributed by atoms with E-state index in [-0.39, 0.29) is 30.1 Å². The molecular formula is C20H24F2N2O. The molecule has 1 N–H and O–H groups in total. The van der Waals surface area contributed by atoms with Crippen LogP contribution in [0.25, 0.3) is 10.9 Å². The quantitative estimate of drug-likeness (QED) is 0.829. The highest BCUT2D eigenvalue weighted by Crippen LogP contribution is 2.50. The molecule has 2 aromatic heterocycles. The van der Waals surface area contributed by atoms with Gasteiger partial charge in [-0.25, -0.2) is 8.78 Å². The summed E-state index contributed by atoms with van der Waals surface area (Å²) in [5.74, 6) is -2.15. The summed E-state index contributed by atoms with van der Waals surface area (Å²) in [6, 6.07) is 3.28. The van der Waals surface area contributed by atoms with Crippen molar-refractivity contribution in [2.45, 2.75) is 63.2 Å². The van der Waals surface area contributed by atoms with Gasteiger partial charge in [-0.1, -0.05) is 32.1 Å². The molecule has 4 rings (SSSR count). The van der Waals surface area contributed by atoms with Gasteiger partial charge in [-0.2, -0.15) is 0 Å². The minimum atomic E-state index is -2.64. The number of alkyl halides is 2. The second kappa shape index (κ2) is 6.50. The van der Waals surface area contributed by atoms with Gasteiger partial charge in [0.15, 0.2) is 5.43 Å².